The number of anilines is 2. The van der Waals surface area contributed by atoms with Gasteiger partial charge in [-0.15, -0.1) is 11.3 Å². The summed E-state index contributed by atoms with van der Waals surface area (Å²) in [5, 5.41) is 15.6. The molecule has 1 fully saturated rings. The van der Waals surface area contributed by atoms with E-state index < -0.39 is 0 Å². The normalized spacial score (nSPS) is 15.1. The minimum atomic E-state index is -0.0957. The molecule has 5 rings (SSSR count). The number of piperazine rings is 1. The zero-order chi connectivity index (χ0) is 27.0. The van der Waals surface area contributed by atoms with Crippen molar-refractivity contribution >= 4 is 28.9 Å². The van der Waals surface area contributed by atoms with Crippen LogP contribution in [0.3, 0.4) is 0 Å². The van der Waals surface area contributed by atoms with Crippen LogP contribution in [0.1, 0.15) is 33.8 Å². The molecule has 0 aliphatic carbocycles. The van der Waals surface area contributed by atoms with E-state index in [9.17, 15) is 4.79 Å². The number of aliphatic hydroxyl groups is 1. The number of hydrogen-bond donors (Lipinski definition) is 3. The van der Waals surface area contributed by atoms with Gasteiger partial charge in [0.25, 0.3) is 5.91 Å². The summed E-state index contributed by atoms with van der Waals surface area (Å²) in [6.07, 6.45) is 1.73. The highest BCUT2D eigenvalue weighted by Gasteiger charge is 2.17. The van der Waals surface area contributed by atoms with Crippen molar-refractivity contribution in [2.45, 2.75) is 19.5 Å². The van der Waals surface area contributed by atoms with Crippen LogP contribution in [0.15, 0.2) is 79.0 Å². The molecule has 0 radical (unpaired) electrons. The Morgan fingerprint density at radius 3 is 2.59 bits per heavy atom. The quantitative estimate of drug-likeness (QED) is 0.271. The summed E-state index contributed by atoms with van der Waals surface area (Å²) in [6, 6.07) is 23.8. The van der Waals surface area contributed by atoms with Crippen LogP contribution in [-0.2, 0) is 6.54 Å². The van der Waals surface area contributed by atoms with Crippen LogP contribution in [0.2, 0.25) is 0 Å². The molecule has 2 aromatic heterocycles. The van der Waals surface area contributed by atoms with Gasteiger partial charge in [0.15, 0.2) is 0 Å². The fraction of sp³-hybridized carbons (Fsp3) is 0.300. The van der Waals surface area contributed by atoms with Gasteiger partial charge in [-0.3, -0.25) is 14.6 Å². The van der Waals surface area contributed by atoms with Crippen molar-refractivity contribution in [3.63, 3.8) is 0 Å². The molecule has 4 aromatic rings. The van der Waals surface area contributed by atoms with E-state index in [1.54, 1.807) is 6.20 Å². The molecule has 202 valence electrons. The number of rotatable bonds is 10. The highest BCUT2D eigenvalue weighted by molar-refractivity contribution is 7.17. The number of carbonyl (C=O) groups excluding carboxylic acids is 1. The number of aromatic nitrogens is 2. The first-order chi connectivity index (χ1) is 19.1. The lowest BCUT2D eigenvalue weighted by Gasteiger charge is -2.34. The van der Waals surface area contributed by atoms with Crippen molar-refractivity contribution in [2.24, 2.45) is 0 Å². The van der Waals surface area contributed by atoms with E-state index in [4.69, 9.17) is 10.1 Å². The molecule has 1 atom stereocenters. The Kier molecular flexibility index (Phi) is 8.95. The van der Waals surface area contributed by atoms with Crippen molar-refractivity contribution in [1.82, 2.24) is 25.1 Å². The lowest BCUT2D eigenvalue weighted by molar-refractivity contribution is 0.0944. The average molecular weight is 543 g/mol. The molecule has 9 heteroatoms. The Balaban J connectivity index is 1.20. The van der Waals surface area contributed by atoms with Crippen LogP contribution in [0.25, 0.3) is 10.6 Å². The molecule has 39 heavy (non-hydrogen) atoms. The van der Waals surface area contributed by atoms with Crippen molar-refractivity contribution in [2.75, 3.05) is 44.6 Å². The molecule has 1 amide bonds. The van der Waals surface area contributed by atoms with Gasteiger partial charge >= 0.3 is 0 Å². The maximum absolute atomic E-state index is 12.8. The first-order valence-electron chi connectivity index (χ1n) is 13.3. The highest BCUT2D eigenvalue weighted by Crippen LogP contribution is 2.28. The molecule has 1 saturated heterocycles. The number of benzene rings is 2. The summed E-state index contributed by atoms with van der Waals surface area (Å²) in [5.74, 6) is 0.418. The van der Waals surface area contributed by atoms with Crippen LogP contribution >= 0.6 is 11.3 Å². The Bertz CT molecular complexity index is 1370. The van der Waals surface area contributed by atoms with Crippen LogP contribution < -0.4 is 10.6 Å². The fourth-order valence-corrected chi connectivity index (χ4v) is 5.57. The van der Waals surface area contributed by atoms with Crippen molar-refractivity contribution in [3.8, 4) is 10.6 Å². The third kappa shape index (κ3) is 7.27. The van der Waals surface area contributed by atoms with E-state index >= 15 is 0 Å². The molecule has 3 N–H and O–H groups in total. The predicted octanol–water partition coefficient (Wildman–Crippen LogP) is 4.55. The summed E-state index contributed by atoms with van der Waals surface area (Å²) >= 11 is 1.42. The molecule has 0 saturated carbocycles. The minimum Gasteiger partial charge on any atom is -0.395 e. The molecule has 1 unspecified atom stereocenters. The standard InChI is InChI=1S/C30H34N6O2S/c1-22(24-7-3-2-4-8-24)32-29(38)28-11-10-27(39-28)26-12-13-31-30(34-26)33-25-9-5-6-23(20-25)21-36-16-14-35(15-17-36)18-19-37/h2-13,20,22,37H,14-19,21H2,1H3,(H,32,38)(H,31,33,34). The number of amides is 1. The maximum atomic E-state index is 12.8. The molecular weight excluding hydrogens is 508 g/mol. The molecule has 1 aliphatic rings. The Labute approximate surface area is 233 Å². The Morgan fingerprint density at radius 1 is 1.00 bits per heavy atom. The van der Waals surface area contributed by atoms with Gasteiger partial charge in [0.1, 0.15) is 0 Å². The van der Waals surface area contributed by atoms with Crippen LogP contribution in [0, 0.1) is 0 Å². The van der Waals surface area contributed by atoms with Gasteiger partial charge in [0, 0.05) is 51.2 Å². The maximum Gasteiger partial charge on any atom is 0.261 e. The summed E-state index contributed by atoms with van der Waals surface area (Å²) in [6.45, 7) is 7.79. The molecule has 2 aromatic carbocycles. The van der Waals surface area contributed by atoms with E-state index in [1.807, 2.05) is 67.6 Å². The SMILES string of the molecule is CC(NC(=O)c1ccc(-c2ccnc(Nc3cccc(CN4CCN(CCO)CC4)c3)n2)s1)c1ccccc1. The van der Waals surface area contributed by atoms with Gasteiger partial charge in [0.2, 0.25) is 5.95 Å². The number of thiophene rings is 1. The Hall–Kier alpha value is -3.63. The van der Waals surface area contributed by atoms with Gasteiger partial charge in [-0.25, -0.2) is 9.97 Å². The van der Waals surface area contributed by atoms with E-state index in [0.29, 0.717) is 10.8 Å². The van der Waals surface area contributed by atoms with Crippen molar-refractivity contribution in [1.29, 1.82) is 0 Å². The monoisotopic (exact) mass is 542 g/mol. The molecule has 8 nitrogen and oxygen atoms in total. The number of hydrogen-bond acceptors (Lipinski definition) is 8. The summed E-state index contributed by atoms with van der Waals surface area (Å²) in [5.41, 5.74) is 4.00. The number of carbonyl (C=O) groups is 1. The second-order valence-electron chi connectivity index (χ2n) is 9.70. The molecule has 3 heterocycles. The van der Waals surface area contributed by atoms with Gasteiger partial charge in [-0.05, 0) is 48.4 Å². The second kappa shape index (κ2) is 12.9. The zero-order valence-electron chi connectivity index (χ0n) is 22.1. The first-order valence-corrected chi connectivity index (χ1v) is 14.1. The lowest BCUT2D eigenvalue weighted by atomic mass is 10.1. The smallest absolute Gasteiger partial charge is 0.261 e. The number of aliphatic hydroxyl groups excluding tert-OH is 1. The van der Waals surface area contributed by atoms with Gasteiger partial charge in [-0.1, -0.05) is 42.5 Å². The third-order valence-electron chi connectivity index (χ3n) is 6.86. The number of nitrogens with one attached hydrogen (secondary N) is 2. The second-order valence-corrected chi connectivity index (χ2v) is 10.8. The summed E-state index contributed by atoms with van der Waals surface area (Å²) in [4.78, 5) is 28.3. The first kappa shape index (κ1) is 27.0. The van der Waals surface area contributed by atoms with E-state index in [1.165, 1.54) is 16.9 Å². The summed E-state index contributed by atoms with van der Waals surface area (Å²) < 4.78 is 0. The number of β-amino-alcohol motifs (C(OH)–C–C–N with tert-alkyl or cyclic N) is 1. The molecule has 1 aliphatic heterocycles. The van der Waals surface area contributed by atoms with E-state index in [2.05, 4.69) is 37.6 Å². The van der Waals surface area contributed by atoms with Crippen LogP contribution in [0.5, 0.6) is 0 Å². The minimum absolute atomic E-state index is 0.0780. The Morgan fingerprint density at radius 2 is 1.79 bits per heavy atom. The van der Waals surface area contributed by atoms with E-state index in [0.717, 1.165) is 61.1 Å². The highest BCUT2D eigenvalue weighted by atomic mass is 32.1. The van der Waals surface area contributed by atoms with Crippen LogP contribution in [0.4, 0.5) is 11.6 Å². The fourth-order valence-electron chi connectivity index (χ4n) is 4.69. The zero-order valence-corrected chi connectivity index (χ0v) is 22.9. The molecule has 0 bridgehead atoms. The molecule has 0 spiro atoms. The lowest BCUT2D eigenvalue weighted by Crippen LogP contribution is -2.46. The van der Waals surface area contributed by atoms with Gasteiger partial charge in [0.05, 0.1) is 28.1 Å². The third-order valence-corrected chi connectivity index (χ3v) is 7.96. The van der Waals surface area contributed by atoms with Crippen molar-refractivity contribution < 1.29 is 9.90 Å². The van der Waals surface area contributed by atoms with Gasteiger partial charge < -0.3 is 15.7 Å². The van der Waals surface area contributed by atoms with E-state index in [-0.39, 0.29) is 18.6 Å². The van der Waals surface area contributed by atoms with Crippen molar-refractivity contribution in [3.05, 3.63) is 95.0 Å². The topological polar surface area (TPSA) is 93.6 Å². The predicted molar refractivity (Wildman–Crippen MR) is 156 cm³/mol. The largest absolute Gasteiger partial charge is 0.395 e. The summed E-state index contributed by atoms with van der Waals surface area (Å²) in [7, 11) is 0. The van der Waals surface area contributed by atoms with Gasteiger partial charge in [-0.2, -0.15) is 0 Å². The number of nitrogens with zero attached hydrogens (tertiary/aromatic N) is 4. The van der Waals surface area contributed by atoms with Crippen LogP contribution in [-0.4, -0.2) is 70.1 Å². The average Bonchev–Trinajstić information content (AvgIpc) is 3.46. The molecular formula is C30H34N6O2S.